The van der Waals surface area contributed by atoms with Gasteiger partial charge in [0.05, 0.1) is 0 Å². The molecule has 72 valence electrons. The molecule has 0 spiro atoms. The van der Waals surface area contributed by atoms with Gasteiger partial charge in [-0.3, -0.25) is 5.73 Å². The molecule has 0 saturated heterocycles. The fraction of sp³-hybridized carbons (Fsp3) is 0.286. The molecule has 0 aliphatic heterocycles. The van der Waals surface area contributed by atoms with Crippen LogP contribution in [0.4, 0.5) is 0 Å². The van der Waals surface area contributed by atoms with Crippen LogP contribution in [0.25, 0.3) is 0 Å². The maximum absolute atomic E-state index is 5.58. The molecule has 1 atom stereocenters. The number of hydrogen-bond donors (Lipinski definition) is 1. The predicted molar refractivity (Wildman–Crippen MR) is 66.5 cm³/mol. The van der Waals surface area contributed by atoms with Crippen molar-refractivity contribution in [2.75, 3.05) is 0 Å². The maximum atomic E-state index is 5.58. The first-order valence-electron chi connectivity index (χ1n) is 3.02. The topological polar surface area (TPSA) is 29.9 Å². The average molecular weight is 366 g/mol. The molecule has 0 saturated carbocycles. The maximum Gasteiger partial charge on any atom is 0.206 e. The van der Waals surface area contributed by atoms with Crippen LogP contribution in [0, 0.1) is 0 Å². The van der Waals surface area contributed by atoms with Crippen LogP contribution < -0.4 is 10.3 Å². The third-order valence-corrected chi connectivity index (χ3v) is 1.21. The van der Waals surface area contributed by atoms with Crippen molar-refractivity contribution in [2.45, 2.75) is 13.1 Å². The van der Waals surface area contributed by atoms with Gasteiger partial charge in [-0.1, -0.05) is 6.07 Å². The van der Waals surface area contributed by atoms with Crippen molar-refractivity contribution in [3.8, 4) is 0 Å². The van der Waals surface area contributed by atoms with E-state index < -0.39 is 0 Å². The van der Waals surface area contributed by atoms with Gasteiger partial charge in [0, 0.05) is 19.1 Å². The second-order valence-electron chi connectivity index (χ2n) is 2.06. The summed E-state index contributed by atoms with van der Waals surface area (Å²) in [5.41, 5.74) is 5.58. The summed E-state index contributed by atoms with van der Waals surface area (Å²) in [4.78, 5) is 0. The second kappa shape index (κ2) is 9.64. The molecule has 5 heteroatoms. The lowest BCUT2D eigenvalue weighted by molar-refractivity contribution is -0.719. The van der Waals surface area contributed by atoms with Gasteiger partial charge in [-0.15, -0.1) is 50.9 Å². The molecule has 2 N–H and O–H groups in total. The van der Waals surface area contributed by atoms with E-state index in [2.05, 4.69) is 0 Å². The van der Waals surface area contributed by atoms with Crippen LogP contribution in [0.2, 0.25) is 0 Å². The molecule has 1 aromatic heterocycles. The Labute approximate surface area is 104 Å². The Morgan fingerprint density at radius 3 is 1.67 bits per heavy atom. The van der Waals surface area contributed by atoms with Gasteiger partial charge in [-0.25, -0.2) is 0 Å². The van der Waals surface area contributed by atoms with Crippen LogP contribution in [0.5, 0.6) is 0 Å². The molecule has 0 bridgehead atoms. The van der Waals surface area contributed by atoms with E-state index in [1.54, 1.807) is 0 Å². The highest BCUT2D eigenvalue weighted by Gasteiger charge is 2.00. The van der Waals surface area contributed by atoms with Gasteiger partial charge < -0.3 is 0 Å². The molecule has 0 radical (unpaired) electrons. The summed E-state index contributed by atoms with van der Waals surface area (Å²) in [6.45, 7) is 1.94. The minimum atomic E-state index is 0. The zero-order valence-electron chi connectivity index (χ0n) is 6.71. The van der Waals surface area contributed by atoms with E-state index in [1.807, 2.05) is 42.1 Å². The third kappa shape index (κ3) is 6.11. The standard InChI is InChI=1S/C7H11N2.3BrH/c1-7(8)9-5-3-2-4-6-9;;;/h2-7H,8H2,1H3;3*1H/q+1;;;. The molecular weight excluding hydrogens is 352 g/mol. The smallest absolute Gasteiger partial charge is 0.206 e. The van der Waals surface area contributed by atoms with Gasteiger partial charge in [0.2, 0.25) is 6.17 Å². The first-order valence-corrected chi connectivity index (χ1v) is 3.02. The minimum absolute atomic E-state index is 0. The molecule has 0 aliphatic carbocycles. The molecule has 1 rings (SSSR count). The van der Waals surface area contributed by atoms with E-state index >= 15 is 0 Å². The summed E-state index contributed by atoms with van der Waals surface area (Å²) in [5.74, 6) is 0. The van der Waals surface area contributed by atoms with E-state index in [1.165, 1.54) is 0 Å². The van der Waals surface area contributed by atoms with Gasteiger partial charge in [0.1, 0.15) is 0 Å². The van der Waals surface area contributed by atoms with E-state index in [0.29, 0.717) is 0 Å². The van der Waals surface area contributed by atoms with Crippen molar-refractivity contribution < 1.29 is 4.57 Å². The molecule has 1 unspecified atom stereocenters. The predicted octanol–water partition coefficient (Wildman–Crippen LogP) is 2.18. The Morgan fingerprint density at radius 1 is 1.00 bits per heavy atom. The summed E-state index contributed by atoms with van der Waals surface area (Å²) in [5, 5.41) is 0. The normalized spacial score (nSPS) is 9.83. The summed E-state index contributed by atoms with van der Waals surface area (Å²) in [7, 11) is 0. The van der Waals surface area contributed by atoms with Gasteiger partial charge in [0.15, 0.2) is 12.4 Å². The van der Waals surface area contributed by atoms with Crippen LogP contribution in [-0.4, -0.2) is 0 Å². The van der Waals surface area contributed by atoms with E-state index in [0.717, 1.165) is 0 Å². The van der Waals surface area contributed by atoms with Crippen LogP contribution in [0.3, 0.4) is 0 Å². The highest BCUT2D eigenvalue weighted by atomic mass is 79.9. The average Bonchev–Trinajstić information content (AvgIpc) is 1.90. The Hall–Kier alpha value is 0.550. The summed E-state index contributed by atoms with van der Waals surface area (Å²) < 4.78 is 1.94. The van der Waals surface area contributed by atoms with Crippen LogP contribution in [0.1, 0.15) is 13.1 Å². The molecule has 1 aromatic rings. The van der Waals surface area contributed by atoms with Crippen molar-refractivity contribution >= 4 is 50.9 Å². The molecule has 0 amide bonds. The monoisotopic (exact) mass is 363 g/mol. The van der Waals surface area contributed by atoms with Crippen molar-refractivity contribution in [2.24, 2.45) is 5.73 Å². The number of hydrogen-bond acceptors (Lipinski definition) is 1. The summed E-state index contributed by atoms with van der Waals surface area (Å²) >= 11 is 0. The van der Waals surface area contributed by atoms with Crippen molar-refractivity contribution in [3.63, 3.8) is 0 Å². The SMILES string of the molecule is Br.Br.Br.CC(N)[n+]1ccccc1. The largest absolute Gasteiger partial charge is 0.273 e. The minimum Gasteiger partial charge on any atom is -0.273 e. The molecule has 1 heterocycles. The molecule has 0 fully saturated rings. The Morgan fingerprint density at radius 2 is 1.42 bits per heavy atom. The van der Waals surface area contributed by atoms with Crippen molar-refractivity contribution in [3.05, 3.63) is 30.6 Å². The van der Waals surface area contributed by atoms with Gasteiger partial charge in [-0.2, -0.15) is 4.57 Å². The van der Waals surface area contributed by atoms with Crippen LogP contribution in [-0.2, 0) is 0 Å². The first-order chi connectivity index (χ1) is 4.30. The first kappa shape index (κ1) is 18.4. The third-order valence-electron chi connectivity index (χ3n) is 1.21. The number of nitrogens with zero attached hydrogens (tertiary/aromatic N) is 1. The van der Waals surface area contributed by atoms with E-state index in [-0.39, 0.29) is 57.1 Å². The fourth-order valence-corrected chi connectivity index (χ4v) is 0.683. The highest BCUT2D eigenvalue weighted by molar-refractivity contribution is 8.93. The quantitative estimate of drug-likeness (QED) is 0.760. The molecule has 2 nitrogen and oxygen atoms in total. The lowest BCUT2D eigenvalue weighted by Crippen LogP contribution is -2.41. The molecule has 0 aliphatic rings. The highest BCUT2D eigenvalue weighted by Crippen LogP contribution is 1.81. The van der Waals surface area contributed by atoms with Gasteiger partial charge >= 0.3 is 0 Å². The number of aromatic nitrogens is 1. The summed E-state index contributed by atoms with van der Waals surface area (Å²) in [6, 6.07) is 5.89. The molecular formula is C7H14Br3N2+. The second-order valence-corrected chi connectivity index (χ2v) is 2.06. The fourth-order valence-electron chi connectivity index (χ4n) is 0.683. The number of rotatable bonds is 1. The lowest BCUT2D eigenvalue weighted by Gasteiger charge is -1.96. The van der Waals surface area contributed by atoms with Crippen LogP contribution >= 0.6 is 50.9 Å². The molecule has 12 heavy (non-hydrogen) atoms. The van der Waals surface area contributed by atoms with E-state index in [4.69, 9.17) is 5.73 Å². The zero-order valence-corrected chi connectivity index (χ0v) is 11.9. The number of halogens is 3. The van der Waals surface area contributed by atoms with E-state index in [9.17, 15) is 0 Å². The summed E-state index contributed by atoms with van der Waals surface area (Å²) in [6.07, 6.45) is 3.97. The molecule has 0 aromatic carbocycles. The van der Waals surface area contributed by atoms with Crippen molar-refractivity contribution in [1.29, 1.82) is 0 Å². The van der Waals surface area contributed by atoms with Gasteiger partial charge in [-0.05, 0) is 0 Å². The zero-order chi connectivity index (χ0) is 6.69. The van der Waals surface area contributed by atoms with Gasteiger partial charge in [0.25, 0.3) is 0 Å². The Bertz CT molecular complexity index is 179. The Balaban J connectivity index is -0.000000270. The number of pyridine rings is 1. The van der Waals surface area contributed by atoms with Crippen molar-refractivity contribution in [1.82, 2.24) is 0 Å². The lowest BCUT2D eigenvalue weighted by atomic mass is 10.4. The number of nitrogens with two attached hydrogens (primary N) is 1. The van der Waals surface area contributed by atoms with Crippen LogP contribution in [0.15, 0.2) is 30.6 Å². The Kier molecular flexibility index (Phi) is 14.7.